The molecule has 3 aromatic carbocycles. The van der Waals surface area contributed by atoms with Crippen LogP contribution in [0.4, 0.5) is 0 Å². The Labute approximate surface area is 360 Å². The van der Waals surface area contributed by atoms with Crippen LogP contribution in [0.5, 0.6) is 11.5 Å². The third kappa shape index (κ3) is 9.74. The molecule has 63 heavy (non-hydrogen) atoms. The highest BCUT2D eigenvalue weighted by molar-refractivity contribution is 5.95. The molecule has 4 heterocycles. The van der Waals surface area contributed by atoms with Gasteiger partial charge in [0.2, 0.25) is 18.7 Å². The van der Waals surface area contributed by atoms with Gasteiger partial charge in [0.15, 0.2) is 23.1 Å². The quantitative estimate of drug-likeness (QED) is 0.0289. The van der Waals surface area contributed by atoms with E-state index in [0.717, 1.165) is 28.7 Å². The molecule has 0 spiro atoms. The number of aryl methyl sites for hydroxylation is 2. The highest BCUT2D eigenvalue weighted by Crippen LogP contribution is 2.33. The van der Waals surface area contributed by atoms with Crippen molar-refractivity contribution in [1.29, 1.82) is 0 Å². The lowest BCUT2D eigenvalue weighted by Crippen LogP contribution is -3.08. The van der Waals surface area contributed by atoms with Crippen molar-refractivity contribution in [2.75, 3.05) is 26.8 Å². The van der Waals surface area contributed by atoms with Gasteiger partial charge < -0.3 is 59.7 Å². The van der Waals surface area contributed by atoms with Crippen LogP contribution in [-0.2, 0) is 30.3 Å². The lowest BCUT2D eigenvalue weighted by atomic mass is 9.96. The Morgan fingerprint density at radius 3 is 2.49 bits per heavy atom. The number of hydroxylamine groups is 2. The van der Waals surface area contributed by atoms with Crippen molar-refractivity contribution < 1.29 is 73.9 Å². The molecule has 9 atom stereocenters. The van der Waals surface area contributed by atoms with E-state index in [4.69, 9.17) is 23.5 Å². The zero-order valence-electron chi connectivity index (χ0n) is 34.4. The Kier molecular flexibility index (Phi) is 14.2. The average Bonchev–Trinajstić information content (AvgIpc) is 3.85. The topological polar surface area (TPSA) is 272 Å². The first-order chi connectivity index (χ1) is 30.3. The number of carboxylic acids is 1. The normalized spacial score (nSPS) is 23.3. The van der Waals surface area contributed by atoms with E-state index < -0.39 is 67.5 Å². The maximum absolute atomic E-state index is 13.5. The van der Waals surface area contributed by atoms with Crippen LogP contribution in [0, 0.1) is 12.8 Å². The van der Waals surface area contributed by atoms with Gasteiger partial charge in [-0.25, -0.2) is 4.99 Å². The molecule has 18 nitrogen and oxygen atoms in total. The number of quaternary nitrogens is 1. The minimum atomic E-state index is -2.34. The lowest BCUT2D eigenvalue weighted by Gasteiger charge is -2.42. The first-order valence-corrected chi connectivity index (χ1v) is 20.5. The number of aliphatic hydroxyl groups excluding tert-OH is 5. The molecular weight excluding hydrogens is 823 g/mol. The van der Waals surface area contributed by atoms with Crippen molar-refractivity contribution in [2.24, 2.45) is 10.9 Å². The molecule has 1 saturated heterocycles. The first-order valence-electron chi connectivity index (χ1n) is 20.5. The molecule has 1 fully saturated rings. The SMILES string of the molecule is CN[C@H](CCO)[C@@H](C(=O)O)C(=O)O[C@H](O)[C@@H]1O[C@H](Oc2ccc3c(=O)c(-c4ccc(O)cc4)coc3c2)[C@@H](O[NH+]2CC3=CC=NC3=C2c2cc(C)cc(CCCCO)c2)[C@H](O)[C@H]1O. The number of phenolic OH excluding ortho intramolecular Hbond substituents is 1. The number of aliphatic carboxylic acids is 1. The monoisotopic (exact) mass is 872 g/mol. The number of allylic oxidation sites excluding steroid dienone is 1. The van der Waals surface area contributed by atoms with Crippen LogP contribution in [0.3, 0.4) is 0 Å². The molecular formula is C45H50N3O15+. The molecule has 0 saturated carbocycles. The van der Waals surface area contributed by atoms with E-state index in [9.17, 15) is 50.1 Å². The van der Waals surface area contributed by atoms with Crippen LogP contribution in [0.2, 0.25) is 0 Å². The number of esters is 1. The number of ether oxygens (including phenoxy) is 3. The standard InChI is InChI=1S/C45H49N3O15/c1-23-17-24(5-3-4-15-49)19-27(18-23)36-35-26(12-14-47-35)21-48(36)63-41-39(54)38(53)40(44(58)62-43(57)34(42(55)56)32(46-2)13-16-50)61-45(41)60-29-10-11-30-33(20-29)59-22-31(37(30)52)25-6-8-28(51)9-7-25/h6-12,14,17-20,22,32,34,38-41,44-46,49-51,53-54,58H,3-5,13,15-16,21H2,1-2H3,(H,55,56)/p+1/t32-,34+,38-,39-,40-,41+,44+,45+/m1/s1. The fourth-order valence-corrected chi connectivity index (χ4v) is 8.07. The molecule has 9 N–H and O–H groups in total. The average molecular weight is 873 g/mol. The molecule has 0 radical (unpaired) electrons. The van der Waals surface area contributed by atoms with Crippen molar-refractivity contribution in [2.45, 2.75) is 75.6 Å². The second-order valence-corrected chi connectivity index (χ2v) is 15.6. The van der Waals surface area contributed by atoms with Crippen molar-refractivity contribution in [3.05, 3.63) is 111 Å². The van der Waals surface area contributed by atoms with Crippen LogP contribution in [0.1, 0.15) is 36.0 Å². The summed E-state index contributed by atoms with van der Waals surface area (Å²) in [4.78, 5) is 50.1. The highest BCUT2D eigenvalue weighted by Gasteiger charge is 2.54. The molecule has 7 rings (SSSR count). The van der Waals surface area contributed by atoms with E-state index in [1.54, 1.807) is 18.3 Å². The Bertz CT molecular complexity index is 2470. The Hall–Kier alpha value is -5.80. The first kappa shape index (κ1) is 45.2. The number of hydrogen-bond acceptors (Lipinski definition) is 16. The van der Waals surface area contributed by atoms with Gasteiger partial charge in [-0.05, 0) is 93.3 Å². The zero-order chi connectivity index (χ0) is 44.9. The third-order valence-electron chi connectivity index (χ3n) is 11.2. The predicted octanol–water partition coefficient (Wildman–Crippen LogP) is 0.726. The largest absolute Gasteiger partial charge is 0.508 e. The lowest BCUT2D eigenvalue weighted by molar-refractivity contribution is -1.04. The molecule has 18 heteroatoms. The van der Waals surface area contributed by atoms with E-state index in [1.807, 2.05) is 25.1 Å². The minimum absolute atomic E-state index is 0.0238. The number of aliphatic imine (C=N–C) groups is 1. The molecule has 0 aliphatic carbocycles. The van der Waals surface area contributed by atoms with Crippen molar-refractivity contribution >= 4 is 34.8 Å². The second kappa shape index (κ2) is 19.7. The van der Waals surface area contributed by atoms with Crippen LogP contribution in [-0.4, -0.2) is 124 Å². The molecule has 3 aliphatic heterocycles. The third-order valence-corrected chi connectivity index (χ3v) is 11.2. The smallest absolute Gasteiger partial charge is 0.324 e. The van der Waals surface area contributed by atoms with Gasteiger partial charge >= 0.3 is 11.9 Å². The summed E-state index contributed by atoms with van der Waals surface area (Å²) in [6.07, 6.45) is -4.65. The van der Waals surface area contributed by atoms with Gasteiger partial charge in [-0.2, -0.15) is 9.90 Å². The highest BCUT2D eigenvalue weighted by atomic mass is 16.8. The van der Waals surface area contributed by atoms with Gasteiger partial charge in [-0.3, -0.25) is 14.4 Å². The fraction of sp³-hybridized carbons (Fsp3) is 0.378. The second-order valence-electron chi connectivity index (χ2n) is 15.6. The van der Waals surface area contributed by atoms with Crippen LogP contribution in [0.15, 0.2) is 98.5 Å². The number of benzene rings is 3. The maximum atomic E-state index is 13.5. The summed E-state index contributed by atoms with van der Waals surface area (Å²) in [6, 6.07) is 15.2. The summed E-state index contributed by atoms with van der Waals surface area (Å²) in [5, 5.41) is 76.1. The zero-order valence-corrected chi connectivity index (χ0v) is 34.4. The number of aliphatic hydroxyl groups is 5. The number of nitrogens with zero attached hydrogens (tertiary/aromatic N) is 1. The number of aromatic hydroxyl groups is 1. The number of unbranched alkanes of at least 4 members (excludes halogenated alkanes) is 1. The van der Waals surface area contributed by atoms with Crippen molar-refractivity contribution in [3.8, 4) is 22.6 Å². The number of phenols is 1. The summed E-state index contributed by atoms with van der Waals surface area (Å²) in [7, 11) is 1.38. The van der Waals surface area contributed by atoms with E-state index in [2.05, 4.69) is 16.4 Å². The molecule has 3 aliphatic rings. The van der Waals surface area contributed by atoms with Crippen LogP contribution >= 0.6 is 0 Å². The van der Waals surface area contributed by atoms with E-state index in [1.165, 1.54) is 43.6 Å². The molecule has 0 amide bonds. The number of carboxylic acid groups (broad SMARTS) is 1. The van der Waals surface area contributed by atoms with Crippen LogP contribution < -0.4 is 20.5 Å². The Morgan fingerprint density at radius 1 is 1.00 bits per heavy atom. The number of nitrogens with one attached hydrogen (secondary N) is 2. The molecule has 1 unspecified atom stereocenters. The van der Waals surface area contributed by atoms with E-state index in [-0.39, 0.29) is 53.0 Å². The molecule has 0 bridgehead atoms. The number of hydrogen-bond donors (Lipinski definition) is 9. The summed E-state index contributed by atoms with van der Waals surface area (Å²) in [5.74, 6) is -4.84. The van der Waals surface area contributed by atoms with E-state index >= 15 is 0 Å². The van der Waals surface area contributed by atoms with Gasteiger partial charge in [0.1, 0.15) is 47.8 Å². The maximum Gasteiger partial charge on any atom is 0.324 e. The predicted molar refractivity (Wildman–Crippen MR) is 224 cm³/mol. The molecule has 334 valence electrons. The van der Waals surface area contributed by atoms with Crippen LogP contribution in [0.25, 0.3) is 27.8 Å². The molecule has 1 aromatic heterocycles. The summed E-state index contributed by atoms with van der Waals surface area (Å²) < 4.78 is 23.4. The van der Waals surface area contributed by atoms with Gasteiger partial charge in [0, 0.05) is 42.7 Å². The Morgan fingerprint density at radius 2 is 1.78 bits per heavy atom. The number of fused-ring (bicyclic) bond motifs is 2. The number of carbonyl (C=O) groups is 2. The Balaban J connectivity index is 1.21. The summed E-state index contributed by atoms with van der Waals surface area (Å²) >= 11 is 0. The summed E-state index contributed by atoms with van der Waals surface area (Å²) in [6.45, 7) is 1.80. The van der Waals surface area contributed by atoms with Gasteiger partial charge in [-0.15, -0.1) is 0 Å². The van der Waals surface area contributed by atoms with Gasteiger partial charge in [0.05, 0.1) is 10.9 Å². The number of rotatable bonds is 18. The molecule has 4 aromatic rings. The van der Waals surface area contributed by atoms with Gasteiger partial charge in [-0.1, -0.05) is 23.8 Å². The van der Waals surface area contributed by atoms with E-state index in [0.29, 0.717) is 34.9 Å². The fourth-order valence-electron chi connectivity index (χ4n) is 8.07. The van der Waals surface area contributed by atoms with Crippen molar-refractivity contribution in [3.63, 3.8) is 0 Å². The van der Waals surface area contributed by atoms with Gasteiger partial charge in [0.25, 0.3) is 0 Å². The number of carbonyl (C=O) groups excluding carboxylic acids is 1. The minimum Gasteiger partial charge on any atom is -0.508 e. The summed E-state index contributed by atoms with van der Waals surface area (Å²) in [5.41, 5.74) is 5.33. The van der Waals surface area contributed by atoms with Crippen molar-refractivity contribution in [1.82, 2.24) is 5.32 Å².